The van der Waals surface area contributed by atoms with Crippen LogP contribution >= 0.6 is 11.3 Å². The molecule has 0 unspecified atom stereocenters. The second-order valence-electron chi connectivity index (χ2n) is 6.75. The van der Waals surface area contributed by atoms with Crippen molar-refractivity contribution in [3.8, 4) is 11.3 Å². The van der Waals surface area contributed by atoms with E-state index in [1.54, 1.807) is 11.3 Å². The van der Waals surface area contributed by atoms with Crippen LogP contribution in [0.15, 0.2) is 58.8 Å². The lowest BCUT2D eigenvalue weighted by Crippen LogP contribution is -2.48. The van der Waals surface area contributed by atoms with Gasteiger partial charge < -0.3 is 0 Å². The maximum Gasteiger partial charge on any atom is 0.246 e. The standard InChI is InChI=1S/C20H19F2N3O2S2/c21-16-6-7-19(17(22)12-16)29(26,27)25-10-8-24(9-11-25)13-20-23-18(14-28-20)15-4-2-1-3-5-15/h1-7,12,14H,8-11,13H2. The van der Waals surface area contributed by atoms with Crippen LogP contribution in [-0.4, -0.2) is 48.8 Å². The van der Waals surface area contributed by atoms with Crippen molar-refractivity contribution >= 4 is 21.4 Å². The number of rotatable bonds is 5. The van der Waals surface area contributed by atoms with Gasteiger partial charge in [0, 0.05) is 43.2 Å². The summed E-state index contributed by atoms with van der Waals surface area (Å²) in [5.41, 5.74) is 1.99. The van der Waals surface area contributed by atoms with Crippen LogP contribution in [0.1, 0.15) is 5.01 Å². The Labute approximate surface area is 172 Å². The monoisotopic (exact) mass is 435 g/mol. The van der Waals surface area contributed by atoms with Crippen LogP contribution in [0, 0.1) is 11.6 Å². The lowest BCUT2D eigenvalue weighted by atomic mass is 10.2. The highest BCUT2D eigenvalue weighted by atomic mass is 32.2. The molecule has 2 heterocycles. The number of sulfonamides is 1. The molecule has 29 heavy (non-hydrogen) atoms. The first-order valence-electron chi connectivity index (χ1n) is 9.11. The number of hydrogen-bond acceptors (Lipinski definition) is 5. The average molecular weight is 436 g/mol. The summed E-state index contributed by atoms with van der Waals surface area (Å²) in [6.07, 6.45) is 0. The van der Waals surface area contributed by atoms with Crippen LogP contribution in [0.5, 0.6) is 0 Å². The third kappa shape index (κ3) is 4.37. The van der Waals surface area contributed by atoms with Gasteiger partial charge in [-0.15, -0.1) is 11.3 Å². The molecule has 0 saturated carbocycles. The van der Waals surface area contributed by atoms with Gasteiger partial charge in [-0.25, -0.2) is 22.2 Å². The van der Waals surface area contributed by atoms with E-state index in [0.717, 1.165) is 28.4 Å². The Morgan fingerprint density at radius 1 is 1.00 bits per heavy atom. The molecule has 2 aromatic carbocycles. The molecule has 0 N–H and O–H groups in total. The lowest BCUT2D eigenvalue weighted by molar-refractivity contribution is 0.181. The van der Waals surface area contributed by atoms with E-state index in [1.807, 2.05) is 35.7 Å². The van der Waals surface area contributed by atoms with Gasteiger partial charge in [0.1, 0.15) is 21.5 Å². The highest BCUT2D eigenvalue weighted by Crippen LogP contribution is 2.24. The Kier molecular flexibility index (Phi) is 5.73. The Morgan fingerprint density at radius 3 is 2.41 bits per heavy atom. The van der Waals surface area contributed by atoms with Crippen LogP contribution in [0.4, 0.5) is 8.78 Å². The molecule has 0 aliphatic carbocycles. The van der Waals surface area contributed by atoms with Gasteiger partial charge in [0.25, 0.3) is 0 Å². The summed E-state index contributed by atoms with van der Waals surface area (Å²) < 4.78 is 53.6. The molecular weight excluding hydrogens is 416 g/mol. The fourth-order valence-corrected chi connectivity index (χ4v) is 5.58. The quantitative estimate of drug-likeness (QED) is 0.615. The molecule has 0 radical (unpaired) electrons. The smallest absolute Gasteiger partial charge is 0.246 e. The van der Waals surface area contributed by atoms with Crippen LogP contribution < -0.4 is 0 Å². The molecule has 0 amide bonds. The maximum atomic E-state index is 13.9. The van der Waals surface area contributed by atoms with Crippen molar-refractivity contribution in [1.82, 2.24) is 14.2 Å². The molecule has 1 aromatic heterocycles. The fraction of sp³-hybridized carbons (Fsp3) is 0.250. The first-order valence-corrected chi connectivity index (χ1v) is 11.4. The van der Waals surface area contributed by atoms with Crippen molar-refractivity contribution in [2.45, 2.75) is 11.4 Å². The van der Waals surface area contributed by atoms with Gasteiger partial charge in [0.05, 0.1) is 12.2 Å². The predicted octanol–water partition coefficient (Wildman–Crippen LogP) is 3.59. The molecule has 1 aliphatic heterocycles. The number of hydrogen-bond donors (Lipinski definition) is 0. The zero-order valence-electron chi connectivity index (χ0n) is 15.5. The maximum absolute atomic E-state index is 13.9. The summed E-state index contributed by atoms with van der Waals surface area (Å²) in [4.78, 5) is 6.31. The number of piperazine rings is 1. The summed E-state index contributed by atoms with van der Waals surface area (Å²) in [5, 5.41) is 2.98. The summed E-state index contributed by atoms with van der Waals surface area (Å²) >= 11 is 1.57. The fourth-order valence-electron chi connectivity index (χ4n) is 3.27. The zero-order valence-corrected chi connectivity index (χ0v) is 17.1. The first kappa shape index (κ1) is 20.1. The topological polar surface area (TPSA) is 53.5 Å². The second kappa shape index (κ2) is 8.27. The molecule has 152 valence electrons. The van der Waals surface area contributed by atoms with E-state index in [1.165, 1.54) is 4.31 Å². The van der Waals surface area contributed by atoms with Crippen molar-refractivity contribution in [3.63, 3.8) is 0 Å². The molecule has 1 fully saturated rings. The summed E-state index contributed by atoms with van der Waals surface area (Å²) in [5.74, 6) is -1.87. The Morgan fingerprint density at radius 2 is 1.72 bits per heavy atom. The SMILES string of the molecule is O=S(=O)(c1ccc(F)cc1F)N1CCN(Cc2nc(-c3ccccc3)cs2)CC1. The van der Waals surface area contributed by atoms with Gasteiger partial charge in [0.15, 0.2) is 0 Å². The summed E-state index contributed by atoms with van der Waals surface area (Å²) in [7, 11) is -3.99. The van der Waals surface area contributed by atoms with E-state index in [-0.39, 0.29) is 13.1 Å². The molecule has 0 atom stereocenters. The van der Waals surface area contributed by atoms with Crippen molar-refractivity contribution in [3.05, 3.63) is 70.6 Å². The lowest BCUT2D eigenvalue weighted by Gasteiger charge is -2.33. The third-order valence-corrected chi connectivity index (χ3v) is 7.59. The van der Waals surface area contributed by atoms with Gasteiger partial charge >= 0.3 is 0 Å². The first-order chi connectivity index (χ1) is 13.9. The van der Waals surface area contributed by atoms with E-state index < -0.39 is 26.6 Å². The molecule has 0 bridgehead atoms. The average Bonchev–Trinajstić information content (AvgIpc) is 3.17. The molecule has 5 nitrogen and oxygen atoms in total. The summed E-state index contributed by atoms with van der Waals surface area (Å²) in [6.45, 7) is 2.16. The third-order valence-electron chi connectivity index (χ3n) is 4.82. The molecular formula is C20H19F2N3O2S2. The van der Waals surface area contributed by atoms with E-state index in [9.17, 15) is 17.2 Å². The van der Waals surface area contributed by atoms with E-state index in [4.69, 9.17) is 0 Å². The van der Waals surface area contributed by atoms with E-state index in [2.05, 4.69) is 9.88 Å². The van der Waals surface area contributed by atoms with Crippen LogP contribution in [0.25, 0.3) is 11.3 Å². The molecule has 3 aromatic rings. The van der Waals surface area contributed by atoms with E-state index >= 15 is 0 Å². The number of aromatic nitrogens is 1. The van der Waals surface area contributed by atoms with Crippen molar-refractivity contribution in [2.24, 2.45) is 0 Å². The molecule has 1 aliphatic rings. The minimum absolute atomic E-state index is 0.246. The highest BCUT2D eigenvalue weighted by Gasteiger charge is 2.31. The van der Waals surface area contributed by atoms with Gasteiger partial charge in [-0.05, 0) is 12.1 Å². The Hall–Kier alpha value is -2.20. The number of halogens is 2. The normalized spacial score (nSPS) is 16.2. The largest absolute Gasteiger partial charge is 0.294 e. The number of benzene rings is 2. The molecule has 0 spiro atoms. The van der Waals surface area contributed by atoms with Gasteiger partial charge in [-0.1, -0.05) is 30.3 Å². The second-order valence-corrected chi connectivity index (χ2v) is 9.60. The Bertz CT molecular complexity index is 1100. The molecule has 1 saturated heterocycles. The van der Waals surface area contributed by atoms with Gasteiger partial charge in [-0.2, -0.15) is 4.31 Å². The number of nitrogens with zero attached hydrogens (tertiary/aromatic N) is 3. The van der Waals surface area contributed by atoms with Gasteiger partial charge in [-0.3, -0.25) is 4.90 Å². The molecule has 9 heteroatoms. The minimum atomic E-state index is -3.99. The van der Waals surface area contributed by atoms with Crippen LogP contribution in [0.3, 0.4) is 0 Å². The van der Waals surface area contributed by atoms with Crippen molar-refractivity contribution in [1.29, 1.82) is 0 Å². The zero-order chi connectivity index (χ0) is 20.4. The van der Waals surface area contributed by atoms with Crippen molar-refractivity contribution < 1.29 is 17.2 Å². The van der Waals surface area contributed by atoms with E-state index in [0.29, 0.717) is 25.7 Å². The minimum Gasteiger partial charge on any atom is -0.294 e. The molecule has 4 rings (SSSR count). The van der Waals surface area contributed by atoms with Crippen LogP contribution in [-0.2, 0) is 16.6 Å². The number of thiazole rings is 1. The van der Waals surface area contributed by atoms with Crippen molar-refractivity contribution in [2.75, 3.05) is 26.2 Å². The Balaban J connectivity index is 1.39. The predicted molar refractivity (Wildman–Crippen MR) is 108 cm³/mol. The highest BCUT2D eigenvalue weighted by molar-refractivity contribution is 7.89. The van der Waals surface area contributed by atoms with Gasteiger partial charge in [0.2, 0.25) is 10.0 Å². The van der Waals surface area contributed by atoms with Crippen LogP contribution in [0.2, 0.25) is 0 Å². The summed E-state index contributed by atoms with van der Waals surface area (Å²) in [6, 6.07) is 12.5.